The first-order valence-corrected chi connectivity index (χ1v) is 8.11. The minimum absolute atomic E-state index is 0.399. The first-order chi connectivity index (χ1) is 12.5. The van der Waals surface area contributed by atoms with E-state index in [-0.39, 0.29) is 0 Å². The third-order valence-electron chi connectivity index (χ3n) is 3.86. The van der Waals surface area contributed by atoms with Gasteiger partial charge in [0.2, 0.25) is 0 Å². The zero-order valence-electron chi connectivity index (χ0n) is 14.1. The molecule has 0 saturated carbocycles. The van der Waals surface area contributed by atoms with Gasteiger partial charge in [-0.3, -0.25) is 10.00 Å². The van der Waals surface area contributed by atoms with Crippen molar-refractivity contribution in [1.29, 1.82) is 0 Å². The van der Waals surface area contributed by atoms with E-state index >= 15 is 0 Å². The summed E-state index contributed by atoms with van der Waals surface area (Å²) in [4.78, 5) is 12.1. The van der Waals surface area contributed by atoms with Crippen molar-refractivity contribution in [2.45, 2.75) is 19.5 Å². The molecule has 0 aliphatic heterocycles. The van der Waals surface area contributed by atoms with Crippen LogP contribution < -0.4 is 10.6 Å². The van der Waals surface area contributed by atoms with E-state index in [0.717, 1.165) is 17.7 Å². The van der Waals surface area contributed by atoms with Gasteiger partial charge in [-0.1, -0.05) is 36.4 Å². The molecule has 3 rings (SSSR count). The fourth-order valence-electron chi connectivity index (χ4n) is 2.50. The third-order valence-corrected chi connectivity index (χ3v) is 3.86. The van der Waals surface area contributed by atoms with Gasteiger partial charge in [-0.15, -0.1) is 0 Å². The molecule has 3 aromatic rings. The molecule has 0 saturated heterocycles. The van der Waals surface area contributed by atoms with Gasteiger partial charge in [-0.25, -0.2) is 13.6 Å². The van der Waals surface area contributed by atoms with Gasteiger partial charge >= 0.3 is 6.03 Å². The molecule has 0 fully saturated rings. The number of aromatic nitrogens is 2. The van der Waals surface area contributed by atoms with Crippen LogP contribution in [0.3, 0.4) is 0 Å². The van der Waals surface area contributed by atoms with E-state index in [1.807, 2.05) is 30.3 Å². The number of nitrogens with one attached hydrogen (secondary N) is 2. The van der Waals surface area contributed by atoms with Crippen LogP contribution in [-0.4, -0.2) is 15.8 Å². The Balaban J connectivity index is 1.57. The highest BCUT2D eigenvalue weighted by Gasteiger charge is 2.13. The highest BCUT2D eigenvalue weighted by Crippen LogP contribution is 2.16. The van der Waals surface area contributed by atoms with Crippen LogP contribution in [0.5, 0.6) is 0 Å². The third kappa shape index (κ3) is 4.44. The Bertz CT molecular complexity index is 896. The molecule has 2 N–H and O–H groups in total. The number of rotatable bonds is 5. The number of urea groups is 1. The number of halogens is 2. The number of carbonyl (C=O) groups excluding carboxylic acids is 1. The van der Waals surface area contributed by atoms with Gasteiger partial charge in [0.15, 0.2) is 17.5 Å². The predicted molar refractivity (Wildman–Crippen MR) is 94.7 cm³/mol. The summed E-state index contributed by atoms with van der Waals surface area (Å²) in [5, 5.41) is 9.57. The minimum atomic E-state index is -0.948. The second-order valence-corrected chi connectivity index (χ2v) is 5.88. The van der Waals surface area contributed by atoms with Crippen molar-refractivity contribution in [1.82, 2.24) is 15.1 Å². The molecule has 134 valence electrons. The second-order valence-electron chi connectivity index (χ2n) is 5.88. The molecule has 0 bridgehead atoms. The Morgan fingerprint density at radius 3 is 2.62 bits per heavy atom. The van der Waals surface area contributed by atoms with Crippen LogP contribution in [0.2, 0.25) is 0 Å². The normalized spacial score (nSPS) is 11.8. The Morgan fingerprint density at radius 1 is 1.12 bits per heavy atom. The smallest absolute Gasteiger partial charge is 0.320 e. The summed E-state index contributed by atoms with van der Waals surface area (Å²) in [6.07, 6.45) is 1.77. The molecule has 26 heavy (non-hydrogen) atoms. The monoisotopic (exact) mass is 356 g/mol. The average Bonchev–Trinajstić information content (AvgIpc) is 3.04. The number of hydrogen-bond acceptors (Lipinski definition) is 2. The van der Waals surface area contributed by atoms with Gasteiger partial charge in [0.1, 0.15) is 0 Å². The lowest BCUT2D eigenvalue weighted by atomic mass is 10.1. The van der Waals surface area contributed by atoms with Gasteiger partial charge in [-0.05, 0) is 30.2 Å². The Labute approximate surface area is 149 Å². The SMILES string of the molecule is C[C@H](NC(=O)Nc1ccn(Cc2ccccc2)n1)c1ccc(F)c(F)c1. The maximum atomic E-state index is 13.3. The fourth-order valence-corrected chi connectivity index (χ4v) is 2.50. The van der Waals surface area contributed by atoms with Crippen molar-refractivity contribution in [2.24, 2.45) is 0 Å². The molecule has 2 amide bonds. The highest BCUT2D eigenvalue weighted by molar-refractivity contribution is 5.88. The number of anilines is 1. The van der Waals surface area contributed by atoms with Crippen LogP contribution in [-0.2, 0) is 6.54 Å². The quantitative estimate of drug-likeness (QED) is 0.723. The largest absolute Gasteiger partial charge is 0.331 e. The summed E-state index contributed by atoms with van der Waals surface area (Å²) in [6, 6.07) is 14.1. The molecular formula is C19H18F2N4O. The Kier molecular flexibility index (Phi) is 5.26. The van der Waals surface area contributed by atoms with Crippen LogP contribution in [0.25, 0.3) is 0 Å². The van der Waals surface area contributed by atoms with E-state index in [0.29, 0.717) is 17.9 Å². The average molecular weight is 356 g/mol. The number of amides is 2. The highest BCUT2D eigenvalue weighted by atomic mass is 19.2. The first kappa shape index (κ1) is 17.6. The molecule has 0 aliphatic rings. The van der Waals surface area contributed by atoms with Crippen LogP contribution in [0.1, 0.15) is 24.1 Å². The molecule has 7 heteroatoms. The molecule has 2 aromatic carbocycles. The van der Waals surface area contributed by atoms with Crippen LogP contribution in [0.15, 0.2) is 60.8 Å². The zero-order chi connectivity index (χ0) is 18.5. The molecule has 1 heterocycles. The van der Waals surface area contributed by atoms with Crippen molar-refractivity contribution < 1.29 is 13.6 Å². The van der Waals surface area contributed by atoms with E-state index in [9.17, 15) is 13.6 Å². The fraction of sp³-hybridized carbons (Fsp3) is 0.158. The van der Waals surface area contributed by atoms with Gasteiger partial charge in [0, 0.05) is 12.3 Å². The van der Waals surface area contributed by atoms with Crippen molar-refractivity contribution >= 4 is 11.8 Å². The summed E-state index contributed by atoms with van der Waals surface area (Å²) in [5.41, 5.74) is 1.56. The molecule has 1 atom stereocenters. The predicted octanol–water partition coefficient (Wildman–Crippen LogP) is 4.09. The van der Waals surface area contributed by atoms with Crippen LogP contribution >= 0.6 is 0 Å². The second kappa shape index (κ2) is 7.77. The lowest BCUT2D eigenvalue weighted by molar-refractivity contribution is 0.249. The zero-order valence-corrected chi connectivity index (χ0v) is 14.1. The van der Waals surface area contributed by atoms with Gasteiger partial charge in [-0.2, -0.15) is 5.10 Å². The van der Waals surface area contributed by atoms with Crippen molar-refractivity contribution in [3.05, 3.63) is 83.6 Å². The molecule has 0 spiro atoms. The topological polar surface area (TPSA) is 59.0 Å². The van der Waals surface area contributed by atoms with E-state index in [1.54, 1.807) is 23.9 Å². The van der Waals surface area contributed by atoms with Crippen molar-refractivity contribution in [2.75, 3.05) is 5.32 Å². The van der Waals surface area contributed by atoms with E-state index < -0.39 is 23.7 Å². The summed E-state index contributed by atoms with van der Waals surface area (Å²) in [6.45, 7) is 2.27. The summed E-state index contributed by atoms with van der Waals surface area (Å²) in [7, 11) is 0. The van der Waals surface area contributed by atoms with E-state index in [2.05, 4.69) is 15.7 Å². The molecule has 5 nitrogen and oxygen atoms in total. The lowest BCUT2D eigenvalue weighted by Crippen LogP contribution is -2.31. The van der Waals surface area contributed by atoms with Gasteiger partial charge in [0.25, 0.3) is 0 Å². The molecule has 0 aliphatic carbocycles. The Morgan fingerprint density at radius 2 is 1.88 bits per heavy atom. The van der Waals surface area contributed by atoms with E-state index in [4.69, 9.17) is 0 Å². The lowest BCUT2D eigenvalue weighted by Gasteiger charge is -2.14. The molecular weight excluding hydrogens is 338 g/mol. The van der Waals surface area contributed by atoms with Crippen LogP contribution in [0, 0.1) is 11.6 Å². The van der Waals surface area contributed by atoms with Gasteiger partial charge in [0.05, 0.1) is 12.6 Å². The maximum Gasteiger partial charge on any atom is 0.320 e. The first-order valence-electron chi connectivity index (χ1n) is 8.11. The maximum absolute atomic E-state index is 13.3. The summed E-state index contributed by atoms with van der Waals surface area (Å²) < 4.78 is 28.0. The molecule has 0 radical (unpaired) electrons. The number of benzene rings is 2. The number of hydrogen-bond donors (Lipinski definition) is 2. The molecule has 1 aromatic heterocycles. The summed E-state index contributed by atoms with van der Waals surface area (Å²) in [5.74, 6) is -1.47. The van der Waals surface area contributed by atoms with Crippen molar-refractivity contribution in [3.63, 3.8) is 0 Å². The van der Waals surface area contributed by atoms with Crippen LogP contribution in [0.4, 0.5) is 19.4 Å². The van der Waals surface area contributed by atoms with Gasteiger partial charge < -0.3 is 5.32 Å². The number of nitrogens with zero attached hydrogens (tertiary/aromatic N) is 2. The van der Waals surface area contributed by atoms with E-state index in [1.165, 1.54) is 6.07 Å². The minimum Gasteiger partial charge on any atom is -0.331 e. The summed E-state index contributed by atoms with van der Waals surface area (Å²) >= 11 is 0. The van der Waals surface area contributed by atoms with Crippen molar-refractivity contribution in [3.8, 4) is 0 Å². The Hall–Kier alpha value is -3.22. The molecule has 0 unspecified atom stereocenters. The number of carbonyl (C=O) groups is 1. The standard InChI is InChI=1S/C19H18F2N4O/c1-13(15-7-8-16(20)17(21)11-15)22-19(26)23-18-9-10-25(24-18)12-14-5-3-2-4-6-14/h2-11,13H,12H2,1H3,(H2,22,23,24,26)/t13-/m0/s1.